The Balaban J connectivity index is 2.58. The van der Waals surface area contributed by atoms with E-state index in [1.807, 2.05) is 34.6 Å². The van der Waals surface area contributed by atoms with E-state index in [0.29, 0.717) is 12.8 Å². The molecule has 0 aromatic rings. The van der Waals surface area contributed by atoms with Crippen LogP contribution in [0.3, 0.4) is 0 Å². The molecule has 1 N–H and O–H groups in total. The predicted octanol–water partition coefficient (Wildman–Crippen LogP) is 3.80. The SMILES string of the molecule is CCC(C)(C)OC(=O)NC(CC(C)C)C(=O)OC1CCCC1. The predicted molar refractivity (Wildman–Crippen MR) is 85.6 cm³/mol. The Morgan fingerprint density at radius 1 is 1.23 bits per heavy atom. The number of esters is 1. The third-order valence-corrected chi connectivity index (χ3v) is 4.09. The van der Waals surface area contributed by atoms with Gasteiger partial charge in [-0.15, -0.1) is 0 Å². The molecule has 0 spiro atoms. The minimum Gasteiger partial charge on any atom is -0.461 e. The Hall–Kier alpha value is -1.26. The Morgan fingerprint density at radius 2 is 1.82 bits per heavy atom. The molecule has 1 unspecified atom stereocenters. The summed E-state index contributed by atoms with van der Waals surface area (Å²) >= 11 is 0. The number of carbonyl (C=O) groups is 2. The van der Waals surface area contributed by atoms with Gasteiger partial charge in [-0.25, -0.2) is 9.59 Å². The van der Waals surface area contributed by atoms with Crippen LogP contribution in [0.2, 0.25) is 0 Å². The average Bonchev–Trinajstić information content (AvgIpc) is 2.89. The maximum atomic E-state index is 12.3. The maximum Gasteiger partial charge on any atom is 0.408 e. The summed E-state index contributed by atoms with van der Waals surface area (Å²) in [7, 11) is 0. The number of ether oxygens (including phenoxy) is 2. The zero-order chi connectivity index (χ0) is 16.8. The summed E-state index contributed by atoms with van der Waals surface area (Å²) in [5.74, 6) is -0.0625. The molecule has 0 aromatic carbocycles. The fourth-order valence-corrected chi connectivity index (χ4v) is 2.43. The van der Waals surface area contributed by atoms with Crippen LogP contribution in [0, 0.1) is 5.92 Å². The lowest BCUT2D eigenvalue weighted by molar-refractivity contribution is -0.151. The second-order valence-corrected chi connectivity index (χ2v) is 7.17. The Bertz CT molecular complexity index is 373. The van der Waals surface area contributed by atoms with Gasteiger partial charge in [-0.2, -0.15) is 0 Å². The fraction of sp³-hybridized carbons (Fsp3) is 0.882. The minimum absolute atomic E-state index is 0.00654. The first-order valence-corrected chi connectivity index (χ1v) is 8.43. The van der Waals surface area contributed by atoms with E-state index in [9.17, 15) is 9.59 Å². The normalized spacial score (nSPS) is 17.4. The Kier molecular flexibility index (Phi) is 7.17. The lowest BCUT2D eigenvalue weighted by Crippen LogP contribution is -2.46. The van der Waals surface area contributed by atoms with Gasteiger partial charge in [0, 0.05) is 0 Å². The summed E-state index contributed by atoms with van der Waals surface area (Å²) < 4.78 is 10.9. The van der Waals surface area contributed by atoms with Crippen LogP contribution in [0.15, 0.2) is 0 Å². The number of nitrogens with one attached hydrogen (secondary N) is 1. The number of rotatable bonds is 7. The molecule has 1 fully saturated rings. The van der Waals surface area contributed by atoms with Crippen LogP contribution >= 0.6 is 0 Å². The van der Waals surface area contributed by atoms with Crippen molar-refractivity contribution in [3.05, 3.63) is 0 Å². The second-order valence-electron chi connectivity index (χ2n) is 7.17. The minimum atomic E-state index is -0.638. The van der Waals surface area contributed by atoms with Gasteiger partial charge in [0.2, 0.25) is 0 Å². The summed E-state index contributed by atoms with van der Waals surface area (Å²) in [4.78, 5) is 24.3. The van der Waals surface area contributed by atoms with Crippen LogP contribution in [0.4, 0.5) is 4.79 Å². The Morgan fingerprint density at radius 3 is 2.32 bits per heavy atom. The van der Waals surface area contributed by atoms with E-state index in [2.05, 4.69) is 5.32 Å². The van der Waals surface area contributed by atoms with Crippen LogP contribution in [0.1, 0.15) is 73.1 Å². The van der Waals surface area contributed by atoms with Crippen molar-refractivity contribution < 1.29 is 19.1 Å². The van der Waals surface area contributed by atoms with Gasteiger partial charge in [0.05, 0.1) is 0 Å². The van der Waals surface area contributed by atoms with E-state index in [0.717, 1.165) is 25.7 Å². The first-order chi connectivity index (χ1) is 10.2. The molecule has 0 aliphatic heterocycles. The molecule has 0 heterocycles. The number of amides is 1. The zero-order valence-electron chi connectivity index (χ0n) is 14.6. The second kappa shape index (κ2) is 8.39. The molecule has 0 aromatic heterocycles. The van der Waals surface area contributed by atoms with E-state index >= 15 is 0 Å². The van der Waals surface area contributed by atoms with Crippen molar-refractivity contribution in [1.82, 2.24) is 5.32 Å². The van der Waals surface area contributed by atoms with Crippen LogP contribution in [-0.4, -0.2) is 29.8 Å². The molecule has 1 aliphatic rings. The number of alkyl carbamates (subject to hydrolysis) is 1. The lowest BCUT2D eigenvalue weighted by atomic mass is 10.0. The van der Waals surface area contributed by atoms with Crippen molar-refractivity contribution in [1.29, 1.82) is 0 Å². The van der Waals surface area contributed by atoms with Crippen LogP contribution in [0.5, 0.6) is 0 Å². The highest BCUT2D eigenvalue weighted by atomic mass is 16.6. The van der Waals surface area contributed by atoms with Crippen molar-refractivity contribution in [2.45, 2.75) is 90.9 Å². The maximum absolute atomic E-state index is 12.3. The van der Waals surface area contributed by atoms with Gasteiger partial charge in [-0.05, 0) is 58.3 Å². The van der Waals surface area contributed by atoms with E-state index in [-0.39, 0.29) is 18.0 Å². The van der Waals surface area contributed by atoms with Gasteiger partial charge in [0.25, 0.3) is 0 Å². The summed E-state index contributed by atoms with van der Waals surface area (Å²) in [6.07, 6.45) is 4.77. The van der Waals surface area contributed by atoms with Gasteiger partial charge in [0.15, 0.2) is 0 Å². The molecule has 1 atom stereocenters. The van der Waals surface area contributed by atoms with Gasteiger partial charge < -0.3 is 14.8 Å². The third-order valence-electron chi connectivity index (χ3n) is 4.09. The van der Waals surface area contributed by atoms with E-state index in [1.165, 1.54) is 0 Å². The Labute approximate surface area is 134 Å². The number of hydrogen-bond acceptors (Lipinski definition) is 4. The highest BCUT2D eigenvalue weighted by Gasteiger charge is 2.29. The molecular weight excluding hydrogens is 282 g/mol. The molecule has 1 rings (SSSR count). The monoisotopic (exact) mass is 313 g/mol. The molecule has 5 nitrogen and oxygen atoms in total. The first-order valence-electron chi connectivity index (χ1n) is 8.43. The highest BCUT2D eigenvalue weighted by molar-refractivity contribution is 5.81. The molecule has 5 heteroatoms. The van der Waals surface area contributed by atoms with E-state index in [1.54, 1.807) is 0 Å². The smallest absolute Gasteiger partial charge is 0.408 e. The van der Waals surface area contributed by atoms with Gasteiger partial charge >= 0.3 is 12.1 Å². The highest BCUT2D eigenvalue weighted by Crippen LogP contribution is 2.22. The van der Waals surface area contributed by atoms with Crippen molar-refractivity contribution >= 4 is 12.1 Å². The summed E-state index contributed by atoms with van der Waals surface area (Å²) in [5.41, 5.74) is -0.540. The molecule has 1 aliphatic carbocycles. The molecule has 0 saturated heterocycles. The molecule has 0 bridgehead atoms. The number of carbonyl (C=O) groups excluding carboxylic acids is 2. The molecule has 1 saturated carbocycles. The van der Waals surface area contributed by atoms with Crippen molar-refractivity contribution in [2.75, 3.05) is 0 Å². The van der Waals surface area contributed by atoms with E-state index in [4.69, 9.17) is 9.47 Å². The largest absolute Gasteiger partial charge is 0.461 e. The third kappa shape index (κ3) is 6.67. The first kappa shape index (κ1) is 18.8. The lowest BCUT2D eigenvalue weighted by Gasteiger charge is -2.26. The fourth-order valence-electron chi connectivity index (χ4n) is 2.43. The van der Waals surface area contributed by atoms with Crippen molar-refractivity contribution in [3.8, 4) is 0 Å². The summed E-state index contributed by atoms with van der Waals surface area (Å²) in [5, 5.41) is 2.68. The topological polar surface area (TPSA) is 64.6 Å². The summed E-state index contributed by atoms with van der Waals surface area (Å²) in [6, 6.07) is -0.638. The van der Waals surface area contributed by atoms with Gasteiger partial charge in [-0.3, -0.25) is 0 Å². The average molecular weight is 313 g/mol. The standard InChI is InChI=1S/C17H31NO4/c1-6-17(4,5)22-16(20)18-14(11-12(2)3)15(19)21-13-9-7-8-10-13/h12-14H,6-11H2,1-5H3,(H,18,20). The van der Waals surface area contributed by atoms with Gasteiger partial charge in [0.1, 0.15) is 17.7 Å². The van der Waals surface area contributed by atoms with Crippen molar-refractivity contribution in [2.24, 2.45) is 5.92 Å². The van der Waals surface area contributed by atoms with E-state index < -0.39 is 17.7 Å². The van der Waals surface area contributed by atoms with Crippen LogP contribution < -0.4 is 5.32 Å². The molecular formula is C17H31NO4. The molecule has 22 heavy (non-hydrogen) atoms. The zero-order valence-corrected chi connectivity index (χ0v) is 14.6. The number of hydrogen-bond donors (Lipinski definition) is 1. The molecule has 128 valence electrons. The van der Waals surface area contributed by atoms with Gasteiger partial charge in [-0.1, -0.05) is 20.8 Å². The molecule has 0 radical (unpaired) electrons. The van der Waals surface area contributed by atoms with Crippen LogP contribution in [0.25, 0.3) is 0 Å². The quantitative estimate of drug-likeness (QED) is 0.726. The summed E-state index contributed by atoms with van der Waals surface area (Å²) in [6.45, 7) is 9.67. The van der Waals surface area contributed by atoms with Crippen molar-refractivity contribution in [3.63, 3.8) is 0 Å². The molecule has 1 amide bonds. The van der Waals surface area contributed by atoms with Crippen LogP contribution in [-0.2, 0) is 14.3 Å².